The van der Waals surface area contributed by atoms with Gasteiger partial charge < -0.3 is 60.6 Å². The average molecular weight is 1820 g/mol. The van der Waals surface area contributed by atoms with Crippen LogP contribution in [0.2, 0.25) is 0 Å². The number of nitrogens with one attached hydrogen (secondary N) is 4. The zero-order valence-corrected chi connectivity index (χ0v) is 80.9. The third-order valence-corrected chi connectivity index (χ3v) is 32.7. The van der Waals surface area contributed by atoms with E-state index in [1.165, 1.54) is 140 Å². The largest absolute Gasteiger partial charge is 0.395 e. The number of carbonyl (C=O) groups excluding carboxylic acids is 4. The van der Waals surface area contributed by atoms with Crippen molar-refractivity contribution in [2.24, 2.45) is 0 Å². The monoisotopic (exact) mass is 1820 g/mol. The van der Waals surface area contributed by atoms with E-state index >= 15 is 0 Å². The van der Waals surface area contributed by atoms with E-state index in [9.17, 15) is 29.4 Å². The van der Waals surface area contributed by atoms with Gasteiger partial charge in [-0.1, -0.05) is 245 Å². The molecular formula is C114H152N12O8. The molecule has 8 amide bonds. The molecule has 8 aliphatic heterocycles. The topological polar surface area (TPSA) is 201 Å². The molecular weight excluding hydrogens is 1670 g/mol. The molecule has 20 rings (SSSR count). The first-order valence-electron chi connectivity index (χ1n) is 51.7. The highest BCUT2D eigenvalue weighted by molar-refractivity contribution is 5.77. The van der Waals surface area contributed by atoms with E-state index < -0.39 is 0 Å². The van der Waals surface area contributed by atoms with Crippen molar-refractivity contribution in [2.45, 2.75) is 278 Å². The number of aryl methyl sites for hydroxylation is 4. The van der Waals surface area contributed by atoms with Crippen molar-refractivity contribution < 1.29 is 38.9 Å². The lowest BCUT2D eigenvalue weighted by atomic mass is 9.74. The van der Waals surface area contributed by atoms with Crippen molar-refractivity contribution in [3.8, 4) is 44.5 Å². The van der Waals surface area contributed by atoms with Crippen molar-refractivity contribution in [1.82, 2.24) is 60.5 Å². The molecule has 8 aromatic carbocycles. The van der Waals surface area contributed by atoms with Crippen LogP contribution in [-0.2, 0) is 9.47 Å². The number of amides is 8. The minimum atomic E-state index is 0.102. The van der Waals surface area contributed by atoms with E-state index in [4.69, 9.17) is 9.47 Å². The van der Waals surface area contributed by atoms with E-state index in [-0.39, 0.29) is 73.3 Å². The highest BCUT2D eigenvalue weighted by atomic mass is 16.5. The van der Waals surface area contributed by atoms with Gasteiger partial charge in [0.05, 0.1) is 26.4 Å². The van der Waals surface area contributed by atoms with E-state index in [0.29, 0.717) is 60.2 Å². The molecule has 716 valence electrons. The molecule has 8 saturated heterocycles. The molecule has 0 aromatic heterocycles. The van der Waals surface area contributed by atoms with Gasteiger partial charge >= 0.3 is 24.1 Å². The van der Waals surface area contributed by atoms with Crippen LogP contribution in [0.1, 0.15) is 222 Å². The van der Waals surface area contributed by atoms with Gasteiger partial charge in [0, 0.05) is 163 Å². The van der Waals surface area contributed by atoms with Crippen molar-refractivity contribution in [3.63, 3.8) is 0 Å². The van der Waals surface area contributed by atoms with Crippen LogP contribution in [0.5, 0.6) is 0 Å². The fourth-order valence-corrected chi connectivity index (χ4v) is 25.3. The van der Waals surface area contributed by atoms with Crippen molar-refractivity contribution >= 4 is 24.1 Å². The van der Waals surface area contributed by atoms with E-state index in [2.05, 4.69) is 272 Å². The number of urea groups is 4. The number of benzene rings is 8. The molecule has 8 heterocycles. The molecule has 12 fully saturated rings. The Morgan fingerprint density at radius 1 is 0.276 bits per heavy atom. The first-order chi connectivity index (χ1) is 65.6. The van der Waals surface area contributed by atoms with Gasteiger partial charge in [-0.3, -0.25) is 19.6 Å². The van der Waals surface area contributed by atoms with Crippen molar-refractivity contribution in [2.75, 3.05) is 119 Å². The summed E-state index contributed by atoms with van der Waals surface area (Å²) in [6, 6.07) is 74.2. The van der Waals surface area contributed by atoms with Crippen LogP contribution in [0.4, 0.5) is 19.2 Å². The van der Waals surface area contributed by atoms with Crippen LogP contribution in [0.25, 0.3) is 44.5 Å². The standard InChI is InChI=1S/2C29H39N3O2.2C28H37N3O2/c2*1-21-9-3-6-12-25(21)22-13-15-23(16-14-22)28-26-19-31(29(33)30-24-10-4-5-11-24)17-7-8-18-32(26)27(28)20-34-2;2*1-20-8-2-5-11-24(20)21-12-14-22(15-13-21)27-25-18-30(28(33)29-23-9-3-4-10-23)16-6-7-17-31(25)26(27)19-32/h2*3,6,9,12-16,24,26-28H,4-5,7-8,10-11,17-20H2,1-2H3,(H,30,33);2*2,5,8,11-15,23,25-27,32H,3-4,6-7,9-10,16-19H2,1H3,(H,29,33)/t26-,27+,28+;26-,27-,28-;25-,26+,27+;25-,26-,27-/m0000/s1. The minimum Gasteiger partial charge on any atom is -0.395 e. The van der Waals surface area contributed by atoms with Gasteiger partial charge in [0.25, 0.3) is 0 Å². The maximum atomic E-state index is 13.2. The normalized spacial score (nSPS) is 26.0. The molecule has 134 heavy (non-hydrogen) atoms. The van der Waals surface area contributed by atoms with Gasteiger partial charge in [-0.2, -0.15) is 0 Å². The van der Waals surface area contributed by atoms with Gasteiger partial charge in [0.15, 0.2) is 0 Å². The van der Waals surface area contributed by atoms with Gasteiger partial charge in [0.1, 0.15) is 0 Å². The minimum absolute atomic E-state index is 0.102. The number of fused-ring (bicyclic) bond motifs is 4. The molecule has 0 bridgehead atoms. The third-order valence-electron chi connectivity index (χ3n) is 32.7. The Morgan fingerprint density at radius 3 is 0.687 bits per heavy atom. The summed E-state index contributed by atoms with van der Waals surface area (Å²) in [6.45, 7) is 21.0. The zero-order chi connectivity index (χ0) is 92.6. The molecule has 20 heteroatoms. The second kappa shape index (κ2) is 46.1. The molecule has 4 saturated carbocycles. The summed E-state index contributed by atoms with van der Waals surface area (Å²) in [5, 5.41) is 33.7. The number of hydrogen-bond acceptors (Lipinski definition) is 12. The van der Waals surface area contributed by atoms with E-state index in [1.807, 2.05) is 9.80 Å². The Labute approximate surface area is 799 Å². The molecule has 8 aromatic rings. The lowest BCUT2D eigenvalue weighted by Gasteiger charge is -2.57. The molecule has 6 N–H and O–H groups in total. The van der Waals surface area contributed by atoms with Gasteiger partial charge in [-0.25, -0.2) is 19.2 Å². The number of aliphatic hydroxyl groups excluding tert-OH is 2. The second-order valence-corrected chi connectivity index (χ2v) is 41.0. The maximum absolute atomic E-state index is 13.2. The Hall–Kier alpha value is -9.48. The Balaban J connectivity index is 0.000000124. The van der Waals surface area contributed by atoms with Crippen LogP contribution in [0.3, 0.4) is 0 Å². The van der Waals surface area contributed by atoms with Crippen LogP contribution in [0.15, 0.2) is 194 Å². The molecule has 0 unspecified atom stereocenters. The quantitative estimate of drug-likeness (QED) is 0.0475. The zero-order valence-electron chi connectivity index (χ0n) is 80.9. The van der Waals surface area contributed by atoms with Crippen LogP contribution in [0, 0.1) is 27.7 Å². The van der Waals surface area contributed by atoms with Crippen LogP contribution >= 0.6 is 0 Å². The molecule has 12 atom stereocenters. The number of carbonyl (C=O) groups is 4. The summed E-state index contributed by atoms with van der Waals surface area (Å²) >= 11 is 0. The number of aliphatic hydroxyl groups is 2. The van der Waals surface area contributed by atoms with E-state index in [0.717, 1.165) is 194 Å². The molecule has 4 aliphatic carbocycles. The number of nitrogens with zero attached hydrogens (tertiary/aromatic N) is 8. The summed E-state index contributed by atoms with van der Waals surface area (Å²) in [5.74, 6) is 1.26. The number of ether oxygens (including phenoxy) is 2. The lowest BCUT2D eigenvalue weighted by molar-refractivity contribution is -0.0668. The number of rotatable bonds is 18. The lowest BCUT2D eigenvalue weighted by Crippen LogP contribution is -2.68. The maximum Gasteiger partial charge on any atom is 0.317 e. The predicted octanol–water partition coefficient (Wildman–Crippen LogP) is 19.5. The SMILES string of the molecule is COC[C@@H]1[C@H](c2ccc(-c3ccccc3C)cc2)[C@@H]2CN(C(=O)NC3CCCC3)CCCCN12.COC[C@H]1[C@@H](c2ccc(-c3ccccc3C)cc2)[C@@H]2CN(C(=O)NC3CCCC3)CCCCN12.Cc1ccccc1-c1ccc([C@@H]2[C@H](CO)N3CCCCN(C(=O)NC4CCCC4)C[C@@H]23)cc1.Cc1ccccc1-c1ccc([C@H]2[C@@H](CO)N3CCCCN(C(=O)NC4CCCC4)C[C@@H]23)cc1. The van der Waals surface area contributed by atoms with Crippen LogP contribution < -0.4 is 21.3 Å². The van der Waals surface area contributed by atoms with Gasteiger partial charge in [-0.05, 0) is 246 Å². The van der Waals surface area contributed by atoms with Gasteiger partial charge in [-0.15, -0.1) is 0 Å². The number of methoxy groups -OCH3 is 2. The summed E-state index contributed by atoms with van der Waals surface area (Å²) in [5.41, 5.74) is 20.5. The summed E-state index contributed by atoms with van der Waals surface area (Å²) in [7, 11) is 3.61. The second-order valence-electron chi connectivity index (χ2n) is 41.0. The fourth-order valence-electron chi connectivity index (χ4n) is 25.3. The van der Waals surface area contributed by atoms with Crippen molar-refractivity contribution in [3.05, 3.63) is 239 Å². The third kappa shape index (κ3) is 22.3. The fraction of sp³-hybridized carbons (Fsp3) is 0.544. The first-order valence-corrected chi connectivity index (χ1v) is 51.7. The van der Waals surface area contributed by atoms with E-state index in [1.54, 1.807) is 14.2 Å². The molecule has 0 radical (unpaired) electrons. The molecule has 20 nitrogen and oxygen atoms in total. The molecule has 12 aliphatic rings. The average Bonchev–Trinajstić information content (AvgIpc) is 1.09. The van der Waals surface area contributed by atoms with Gasteiger partial charge in [0.2, 0.25) is 0 Å². The molecule has 0 spiro atoms. The van der Waals surface area contributed by atoms with Crippen molar-refractivity contribution in [1.29, 1.82) is 0 Å². The smallest absolute Gasteiger partial charge is 0.317 e. The summed E-state index contributed by atoms with van der Waals surface area (Å²) in [6.07, 6.45) is 27.3. The highest BCUT2D eigenvalue weighted by Gasteiger charge is 2.54. The van der Waals surface area contributed by atoms with Crippen LogP contribution in [-0.4, -0.2) is 265 Å². The predicted molar refractivity (Wildman–Crippen MR) is 539 cm³/mol. The highest BCUT2D eigenvalue weighted by Crippen LogP contribution is 2.48. The number of hydrogen-bond donors (Lipinski definition) is 6. The first kappa shape index (κ1) is 96.2. The summed E-state index contributed by atoms with van der Waals surface area (Å²) in [4.78, 5) is 70.8. The summed E-state index contributed by atoms with van der Waals surface area (Å²) < 4.78 is 11.3. The Kier molecular flexibility index (Phi) is 33.1. The Morgan fingerprint density at radius 2 is 0.478 bits per heavy atom. The Bertz CT molecular complexity index is 4790.